The van der Waals surface area contributed by atoms with Gasteiger partial charge < -0.3 is 9.81 Å². The molecule has 0 aromatic heterocycles. The average Bonchev–Trinajstić information content (AvgIpc) is 2.65. The van der Waals surface area contributed by atoms with Crippen LogP contribution in [0.4, 0.5) is 5.69 Å². The molecule has 1 aliphatic heterocycles. The van der Waals surface area contributed by atoms with Gasteiger partial charge in [-0.25, -0.2) is 8.42 Å². The molecule has 10 heteroatoms. The van der Waals surface area contributed by atoms with Gasteiger partial charge in [0.1, 0.15) is 6.54 Å². The first-order valence-electron chi connectivity index (χ1n) is 6.99. The van der Waals surface area contributed by atoms with Crippen molar-refractivity contribution in [2.24, 2.45) is 0 Å². The molecule has 0 atom stereocenters. The van der Waals surface area contributed by atoms with E-state index in [2.05, 4.69) is 23.2 Å². The molecule has 1 heterocycles. The van der Waals surface area contributed by atoms with Crippen LogP contribution in [0.25, 0.3) is 0 Å². The van der Waals surface area contributed by atoms with Crippen molar-refractivity contribution in [2.75, 3.05) is 12.3 Å². The van der Waals surface area contributed by atoms with Crippen LogP contribution in [0.2, 0.25) is 0 Å². The van der Waals surface area contributed by atoms with Crippen LogP contribution in [0.15, 0.2) is 23.1 Å². The molecular formula is C15H22NNaO6S2. The summed E-state index contributed by atoms with van der Waals surface area (Å²) < 4.78 is 38.7. The molecule has 1 aliphatic rings. The zero-order valence-electron chi connectivity index (χ0n) is 14.1. The van der Waals surface area contributed by atoms with Crippen LogP contribution in [0.1, 0.15) is 40.2 Å². The molecule has 25 heavy (non-hydrogen) atoms. The van der Waals surface area contributed by atoms with Gasteiger partial charge in [0.2, 0.25) is 5.69 Å². The van der Waals surface area contributed by atoms with Crippen LogP contribution in [0.5, 0.6) is 0 Å². The summed E-state index contributed by atoms with van der Waals surface area (Å²) in [5.74, 6) is -0.380. The number of nitrogens with zero attached hydrogens (tertiary/aromatic N) is 1. The Bertz CT molecular complexity index is 734. The van der Waals surface area contributed by atoms with E-state index in [1.54, 1.807) is 6.07 Å². The molecule has 0 spiro atoms. The van der Waals surface area contributed by atoms with E-state index in [0.717, 1.165) is 33.9 Å². The zero-order valence-corrected chi connectivity index (χ0v) is 17.7. The summed E-state index contributed by atoms with van der Waals surface area (Å²) in [5, 5.41) is 13.3. The molecule has 1 aromatic carbocycles. The minimum Gasteiger partial charge on any atom is -0.748 e. The fraction of sp³-hybridized carbons (Fsp3) is 0.533. The van der Waals surface area contributed by atoms with E-state index in [4.69, 9.17) is 0 Å². The van der Waals surface area contributed by atoms with Crippen LogP contribution >= 0.6 is 12.0 Å². The number of hydrogen-bond donors (Lipinski definition) is 0. The van der Waals surface area contributed by atoms with E-state index < -0.39 is 10.1 Å². The number of benzene rings is 1. The maximum atomic E-state index is 10.8. The molecule has 0 fully saturated rings. The summed E-state index contributed by atoms with van der Waals surface area (Å²) in [4.78, 5) is 0.726. The van der Waals surface area contributed by atoms with Crippen LogP contribution in [-0.4, -0.2) is 35.6 Å². The Morgan fingerprint density at radius 1 is 1.32 bits per heavy atom. The Hall–Kier alpha value is 0.0300. The second-order valence-electron chi connectivity index (χ2n) is 5.88. The fourth-order valence-corrected chi connectivity index (χ4v) is 3.64. The third-order valence-electron chi connectivity index (χ3n) is 4.18. The molecular weight excluding hydrogens is 377 g/mol. The van der Waals surface area contributed by atoms with E-state index in [1.807, 2.05) is 23.6 Å². The third kappa shape index (κ3) is 6.02. The van der Waals surface area contributed by atoms with Crippen molar-refractivity contribution < 1.29 is 61.7 Å². The van der Waals surface area contributed by atoms with Crippen molar-refractivity contribution >= 4 is 33.6 Å². The minimum absolute atomic E-state index is 0. The van der Waals surface area contributed by atoms with E-state index in [1.165, 1.54) is 0 Å². The average molecular weight is 399 g/mol. The Kier molecular flexibility index (Phi) is 9.83. The van der Waals surface area contributed by atoms with Crippen molar-refractivity contribution in [1.82, 2.24) is 0 Å². The molecule has 0 saturated heterocycles. The molecule has 0 saturated carbocycles. The molecule has 0 aliphatic carbocycles. The van der Waals surface area contributed by atoms with Crippen molar-refractivity contribution in [1.29, 1.82) is 0 Å². The van der Waals surface area contributed by atoms with Crippen LogP contribution < -0.4 is 34.8 Å². The van der Waals surface area contributed by atoms with Crippen LogP contribution in [0.3, 0.4) is 0 Å². The monoisotopic (exact) mass is 399 g/mol. The van der Waals surface area contributed by atoms with Gasteiger partial charge in [-0.05, 0) is 26.0 Å². The summed E-state index contributed by atoms with van der Waals surface area (Å²) in [5.41, 5.74) is 2.82. The second kappa shape index (κ2) is 9.82. The molecule has 2 rings (SSSR count). The standard InChI is InChI=1S/C14H19NO6S2.CH4.Na/c1-10-14(2,3)12-9-11(22-21-20-16)5-6-13(12)15(10)7-4-8-23(17,18)19;;/h5-6,9H,4,7-8H2,1-3H3,(H-,16,17,18,19);1H4;/q;;+1/p-1. The van der Waals surface area contributed by atoms with Crippen molar-refractivity contribution in [2.45, 2.75) is 44.9 Å². The largest absolute Gasteiger partial charge is 1.00 e. The van der Waals surface area contributed by atoms with Gasteiger partial charge in [0, 0.05) is 35.6 Å². The van der Waals surface area contributed by atoms with Gasteiger partial charge in [-0.3, -0.25) is 5.04 Å². The molecule has 0 radical (unpaired) electrons. The molecule has 0 amide bonds. The van der Waals surface area contributed by atoms with Crippen LogP contribution in [-0.2, 0) is 24.9 Å². The number of rotatable bonds is 7. The second-order valence-corrected chi connectivity index (χ2v) is 8.17. The first kappa shape index (κ1) is 25.0. The Balaban J connectivity index is 0.00000288. The van der Waals surface area contributed by atoms with Crippen molar-refractivity contribution in [3.05, 3.63) is 23.8 Å². The molecule has 7 nitrogen and oxygen atoms in total. The maximum Gasteiger partial charge on any atom is 1.00 e. The van der Waals surface area contributed by atoms with E-state index >= 15 is 0 Å². The normalized spacial score (nSPS) is 15.4. The number of hydrogen-bond acceptors (Lipinski definition) is 7. The summed E-state index contributed by atoms with van der Waals surface area (Å²) >= 11 is 0.828. The molecule has 0 N–H and O–H groups in total. The van der Waals surface area contributed by atoms with E-state index in [0.29, 0.717) is 6.54 Å². The third-order valence-corrected chi connectivity index (χ3v) is 5.53. The van der Waals surface area contributed by atoms with Gasteiger partial charge in [-0.2, -0.15) is 8.91 Å². The van der Waals surface area contributed by atoms with Gasteiger partial charge in [0.05, 0.1) is 27.6 Å². The van der Waals surface area contributed by atoms with Gasteiger partial charge in [0.25, 0.3) is 0 Å². The summed E-state index contributed by atoms with van der Waals surface area (Å²) in [7, 11) is -4.21. The predicted octanol–water partition coefficient (Wildman–Crippen LogP) is -1.11. The molecule has 0 unspecified atom stereocenters. The topological polar surface area (TPSA) is 102 Å². The summed E-state index contributed by atoms with van der Waals surface area (Å²) in [6.45, 7) is 6.56. The Labute approximate surface area is 175 Å². The summed E-state index contributed by atoms with van der Waals surface area (Å²) in [6.07, 6.45) is 0.266. The SMILES string of the molecule is C.CC1=[N+](CCCS(=O)(=O)[O-])c2ccc(SOO[O-])cc2C1(C)C.[Na+]. The van der Waals surface area contributed by atoms with E-state index in [9.17, 15) is 18.2 Å². The Morgan fingerprint density at radius 3 is 2.52 bits per heavy atom. The smallest absolute Gasteiger partial charge is 0.748 e. The zero-order chi connectivity index (χ0) is 17.3. The van der Waals surface area contributed by atoms with Crippen LogP contribution in [0, 0.1) is 0 Å². The maximum absolute atomic E-state index is 10.8. The first-order chi connectivity index (χ1) is 10.7. The minimum atomic E-state index is -4.21. The van der Waals surface area contributed by atoms with Gasteiger partial charge in [-0.15, -0.1) is 0 Å². The van der Waals surface area contributed by atoms with Gasteiger partial charge >= 0.3 is 29.6 Å². The fourth-order valence-electron chi connectivity index (χ4n) is 2.76. The van der Waals surface area contributed by atoms with Crippen molar-refractivity contribution in [3.8, 4) is 0 Å². The first-order valence-corrected chi connectivity index (χ1v) is 9.31. The molecule has 136 valence electrons. The van der Waals surface area contributed by atoms with Gasteiger partial charge in [-0.1, -0.05) is 7.43 Å². The predicted molar refractivity (Wildman–Crippen MR) is 88.9 cm³/mol. The Morgan fingerprint density at radius 2 is 1.96 bits per heavy atom. The quantitative estimate of drug-likeness (QED) is 0.143. The van der Waals surface area contributed by atoms with Gasteiger partial charge in [0.15, 0.2) is 5.71 Å². The van der Waals surface area contributed by atoms with E-state index in [-0.39, 0.29) is 54.6 Å². The summed E-state index contributed by atoms with van der Waals surface area (Å²) in [6, 6.07) is 5.58. The molecule has 0 bridgehead atoms. The number of fused-ring (bicyclic) bond motifs is 1. The van der Waals surface area contributed by atoms with Crippen molar-refractivity contribution in [3.63, 3.8) is 0 Å². The molecule has 1 aromatic rings.